The molecule has 1 aliphatic carbocycles. The third-order valence-corrected chi connectivity index (χ3v) is 7.36. The molecular formula is C28H32N2O5S. The van der Waals surface area contributed by atoms with E-state index in [-0.39, 0.29) is 30.0 Å². The van der Waals surface area contributed by atoms with Gasteiger partial charge in [-0.05, 0) is 54.1 Å². The molecule has 0 unspecified atom stereocenters. The van der Waals surface area contributed by atoms with Gasteiger partial charge >= 0.3 is 0 Å². The molecule has 0 saturated heterocycles. The molecule has 1 atom stereocenters. The Morgan fingerprint density at radius 3 is 2.39 bits per heavy atom. The van der Waals surface area contributed by atoms with E-state index in [0.29, 0.717) is 22.7 Å². The minimum atomic E-state index is -0.932. The number of thiophene rings is 1. The molecule has 2 aromatic carbocycles. The van der Waals surface area contributed by atoms with Crippen LogP contribution in [0.5, 0.6) is 17.2 Å². The van der Waals surface area contributed by atoms with Crippen LogP contribution in [-0.4, -0.2) is 37.2 Å². The second-order valence-electron chi connectivity index (χ2n) is 8.90. The van der Waals surface area contributed by atoms with Gasteiger partial charge in [0.15, 0.2) is 11.5 Å². The number of benzene rings is 2. The van der Waals surface area contributed by atoms with E-state index in [4.69, 9.17) is 9.47 Å². The molecule has 0 spiro atoms. The Morgan fingerprint density at radius 1 is 1.03 bits per heavy atom. The van der Waals surface area contributed by atoms with Gasteiger partial charge in [0.25, 0.3) is 0 Å². The summed E-state index contributed by atoms with van der Waals surface area (Å²) in [5, 5.41) is 15.0. The van der Waals surface area contributed by atoms with Crippen LogP contribution in [0.25, 0.3) is 0 Å². The Labute approximate surface area is 215 Å². The first-order valence-electron chi connectivity index (χ1n) is 12.2. The molecule has 2 N–H and O–H groups in total. The van der Waals surface area contributed by atoms with Crippen molar-refractivity contribution in [2.45, 2.75) is 50.6 Å². The Bertz CT molecular complexity index is 1160. The summed E-state index contributed by atoms with van der Waals surface area (Å²) in [7, 11) is 3.08. The molecule has 1 saturated carbocycles. The molecule has 36 heavy (non-hydrogen) atoms. The number of carbonyl (C=O) groups excluding carboxylic acids is 2. The van der Waals surface area contributed by atoms with Gasteiger partial charge in [0.1, 0.15) is 11.8 Å². The highest BCUT2D eigenvalue weighted by atomic mass is 32.1. The van der Waals surface area contributed by atoms with E-state index in [1.807, 2.05) is 17.5 Å². The summed E-state index contributed by atoms with van der Waals surface area (Å²) in [6.45, 7) is 0. The number of methoxy groups -OCH3 is 2. The zero-order valence-electron chi connectivity index (χ0n) is 20.6. The number of rotatable bonds is 9. The Morgan fingerprint density at radius 2 is 1.75 bits per heavy atom. The van der Waals surface area contributed by atoms with Gasteiger partial charge in [-0.2, -0.15) is 0 Å². The summed E-state index contributed by atoms with van der Waals surface area (Å²) in [5.74, 6) is 0.608. The van der Waals surface area contributed by atoms with Gasteiger partial charge in [0.05, 0.1) is 20.6 Å². The minimum Gasteiger partial charge on any atom is -0.508 e. The normalized spacial score (nSPS) is 14.6. The van der Waals surface area contributed by atoms with Crippen molar-refractivity contribution in [3.63, 3.8) is 0 Å². The van der Waals surface area contributed by atoms with Gasteiger partial charge in [0.2, 0.25) is 11.8 Å². The molecule has 1 aromatic heterocycles. The highest BCUT2D eigenvalue weighted by Crippen LogP contribution is 2.36. The fourth-order valence-corrected chi connectivity index (χ4v) is 5.36. The van der Waals surface area contributed by atoms with E-state index < -0.39 is 6.04 Å². The lowest BCUT2D eigenvalue weighted by atomic mass is 9.94. The molecule has 7 nitrogen and oxygen atoms in total. The molecule has 4 rings (SSSR count). The number of phenols is 1. The van der Waals surface area contributed by atoms with Crippen molar-refractivity contribution < 1.29 is 24.2 Å². The van der Waals surface area contributed by atoms with Crippen molar-refractivity contribution in [2.75, 3.05) is 19.1 Å². The molecule has 1 aliphatic rings. The number of phenolic OH excluding ortho intramolecular Hbond substituents is 1. The zero-order chi connectivity index (χ0) is 25.5. The average molecular weight is 509 g/mol. The van der Waals surface area contributed by atoms with Crippen LogP contribution in [0.15, 0.2) is 60.0 Å². The predicted octanol–water partition coefficient (Wildman–Crippen LogP) is 5.24. The van der Waals surface area contributed by atoms with E-state index in [2.05, 4.69) is 5.32 Å². The van der Waals surface area contributed by atoms with Crippen molar-refractivity contribution in [3.8, 4) is 17.2 Å². The van der Waals surface area contributed by atoms with Gasteiger partial charge in [-0.15, -0.1) is 11.3 Å². The lowest BCUT2D eigenvalue weighted by Crippen LogP contribution is -2.47. The fourth-order valence-electron chi connectivity index (χ4n) is 4.66. The van der Waals surface area contributed by atoms with E-state index in [9.17, 15) is 14.7 Å². The maximum Gasteiger partial charge on any atom is 0.248 e. The van der Waals surface area contributed by atoms with E-state index in [1.165, 1.54) is 41.9 Å². The van der Waals surface area contributed by atoms with Gasteiger partial charge in [0, 0.05) is 22.7 Å². The maximum absolute atomic E-state index is 13.9. The Balaban J connectivity index is 1.78. The van der Waals surface area contributed by atoms with Crippen molar-refractivity contribution in [1.82, 2.24) is 5.32 Å². The Kier molecular flexibility index (Phi) is 8.48. The standard InChI is InChI=1S/C28H32N2O5S/c1-34-24-15-12-21(17-25(24)35-2)30(26(32)18-23-9-6-16-36-23)27(19-10-13-22(31)14-11-19)28(33)29-20-7-4-3-5-8-20/h6,9-17,20,27,31H,3-5,7-8,18H2,1-2H3,(H,29,33)/t27-/m1/s1. The number of carbonyl (C=O) groups is 2. The number of anilines is 1. The smallest absolute Gasteiger partial charge is 0.248 e. The van der Waals surface area contributed by atoms with Crippen molar-refractivity contribution in [1.29, 1.82) is 0 Å². The number of nitrogens with zero attached hydrogens (tertiary/aromatic N) is 1. The second kappa shape index (κ2) is 11.9. The lowest BCUT2D eigenvalue weighted by molar-refractivity contribution is -0.127. The number of hydrogen-bond acceptors (Lipinski definition) is 6. The van der Waals surface area contributed by atoms with Gasteiger partial charge in [-0.1, -0.05) is 37.5 Å². The van der Waals surface area contributed by atoms with Crippen molar-refractivity contribution in [3.05, 3.63) is 70.4 Å². The van der Waals surface area contributed by atoms with Crippen LogP contribution in [-0.2, 0) is 16.0 Å². The van der Waals surface area contributed by atoms with E-state index in [1.54, 1.807) is 37.4 Å². The molecule has 2 amide bonds. The second-order valence-corrected chi connectivity index (χ2v) is 9.93. The number of nitrogens with one attached hydrogen (secondary N) is 1. The number of hydrogen-bond donors (Lipinski definition) is 2. The summed E-state index contributed by atoms with van der Waals surface area (Å²) >= 11 is 1.50. The first-order chi connectivity index (χ1) is 17.5. The van der Waals surface area contributed by atoms with Crippen LogP contribution in [0, 0.1) is 0 Å². The first-order valence-corrected chi connectivity index (χ1v) is 13.0. The summed E-state index contributed by atoms with van der Waals surface area (Å²) < 4.78 is 10.9. The third-order valence-electron chi connectivity index (χ3n) is 6.49. The van der Waals surface area contributed by atoms with E-state index in [0.717, 1.165) is 30.6 Å². The number of ether oxygens (including phenoxy) is 2. The van der Waals surface area contributed by atoms with Crippen LogP contribution in [0.1, 0.15) is 48.6 Å². The molecule has 8 heteroatoms. The van der Waals surface area contributed by atoms with Gasteiger partial charge in [-0.25, -0.2) is 0 Å². The van der Waals surface area contributed by atoms with E-state index >= 15 is 0 Å². The van der Waals surface area contributed by atoms with Crippen LogP contribution in [0.4, 0.5) is 5.69 Å². The number of aromatic hydroxyl groups is 1. The molecule has 1 heterocycles. The summed E-state index contributed by atoms with van der Waals surface area (Å²) in [6, 6.07) is 14.6. The SMILES string of the molecule is COc1ccc(N(C(=O)Cc2cccs2)[C@@H](C(=O)NC2CCCCC2)c2ccc(O)cc2)cc1OC. The first kappa shape index (κ1) is 25.6. The molecule has 0 bridgehead atoms. The van der Waals surface area contributed by atoms with Gasteiger partial charge < -0.3 is 19.9 Å². The van der Waals surface area contributed by atoms with Crippen molar-refractivity contribution >= 4 is 28.8 Å². The predicted molar refractivity (Wildman–Crippen MR) is 141 cm³/mol. The van der Waals surface area contributed by atoms with Gasteiger partial charge in [-0.3, -0.25) is 14.5 Å². The van der Waals surface area contributed by atoms with Crippen LogP contribution < -0.4 is 19.7 Å². The highest BCUT2D eigenvalue weighted by molar-refractivity contribution is 7.10. The molecular weight excluding hydrogens is 476 g/mol. The quantitative estimate of drug-likeness (QED) is 0.413. The average Bonchev–Trinajstić information content (AvgIpc) is 3.41. The fraction of sp³-hybridized carbons (Fsp3) is 0.357. The largest absolute Gasteiger partial charge is 0.508 e. The minimum absolute atomic E-state index is 0.0746. The summed E-state index contributed by atoms with van der Waals surface area (Å²) in [4.78, 5) is 30.2. The Hall–Kier alpha value is -3.52. The topological polar surface area (TPSA) is 88.1 Å². The zero-order valence-corrected chi connectivity index (χ0v) is 21.4. The summed E-state index contributed by atoms with van der Waals surface area (Å²) in [6.07, 6.45) is 5.32. The number of amides is 2. The molecule has 1 fully saturated rings. The molecule has 0 aliphatic heterocycles. The molecule has 0 radical (unpaired) electrons. The molecule has 3 aromatic rings. The maximum atomic E-state index is 13.9. The van der Waals surface area contributed by atoms with Crippen LogP contribution >= 0.6 is 11.3 Å². The third kappa shape index (κ3) is 5.99. The summed E-state index contributed by atoms with van der Waals surface area (Å²) in [5.41, 5.74) is 1.13. The highest BCUT2D eigenvalue weighted by Gasteiger charge is 2.34. The molecule has 190 valence electrons. The monoisotopic (exact) mass is 508 g/mol. The van der Waals surface area contributed by atoms with Crippen LogP contribution in [0.2, 0.25) is 0 Å². The lowest BCUT2D eigenvalue weighted by Gasteiger charge is -2.33. The van der Waals surface area contributed by atoms with Crippen LogP contribution in [0.3, 0.4) is 0 Å². The van der Waals surface area contributed by atoms with Crippen molar-refractivity contribution in [2.24, 2.45) is 0 Å².